The number of carbonyl (C=O) groups excluding carboxylic acids is 1. The second-order valence-corrected chi connectivity index (χ2v) is 4.31. The van der Waals surface area contributed by atoms with E-state index in [0.29, 0.717) is 12.2 Å². The Morgan fingerprint density at radius 3 is 2.88 bits per heavy atom. The fourth-order valence-electron chi connectivity index (χ4n) is 2.15. The lowest BCUT2D eigenvalue weighted by Crippen LogP contribution is -2.31. The first kappa shape index (κ1) is 11.3. The molecule has 1 saturated heterocycles. The Morgan fingerprint density at radius 2 is 2.19 bits per heavy atom. The molecule has 3 heteroatoms. The molecule has 0 saturated carbocycles. The summed E-state index contributed by atoms with van der Waals surface area (Å²) in [4.78, 5) is 16.1. The topological polar surface area (TPSA) is 42.0 Å². The standard InChI is InChI=1S/C13H18N2O/c16-13(11-6-9-14-10-7-11)5-4-12-3-1-2-8-15-12/h1-3,8,11,14H,4-7,9-10H2. The number of aromatic nitrogens is 1. The molecule has 16 heavy (non-hydrogen) atoms. The minimum absolute atomic E-state index is 0.282. The van der Waals surface area contributed by atoms with E-state index in [2.05, 4.69) is 10.3 Å². The van der Waals surface area contributed by atoms with Crippen molar-refractivity contribution in [3.8, 4) is 0 Å². The quantitative estimate of drug-likeness (QED) is 0.834. The molecule has 1 aromatic rings. The Morgan fingerprint density at radius 1 is 1.38 bits per heavy atom. The number of hydrogen-bond acceptors (Lipinski definition) is 3. The fourth-order valence-corrected chi connectivity index (χ4v) is 2.15. The second-order valence-electron chi connectivity index (χ2n) is 4.31. The number of nitrogens with zero attached hydrogens (tertiary/aromatic N) is 1. The number of piperidine rings is 1. The van der Waals surface area contributed by atoms with Crippen molar-refractivity contribution >= 4 is 5.78 Å². The Bertz CT molecular complexity index is 331. The number of ketones is 1. The summed E-state index contributed by atoms with van der Waals surface area (Å²) >= 11 is 0. The zero-order valence-electron chi connectivity index (χ0n) is 9.48. The van der Waals surface area contributed by atoms with Gasteiger partial charge in [0.15, 0.2) is 0 Å². The first-order valence-corrected chi connectivity index (χ1v) is 5.99. The van der Waals surface area contributed by atoms with Crippen LogP contribution in [0, 0.1) is 5.92 Å². The molecule has 1 N–H and O–H groups in total. The molecule has 1 aromatic heterocycles. The highest BCUT2D eigenvalue weighted by Crippen LogP contribution is 2.15. The van der Waals surface area contributed by atoms with Crippen molar-refractivity contribution in [3.05, 3.63) is 30.1 Å². The average Bonchev–Trinajstić information content (AvgIpc) is 2.38. The van der Waals surface area contributed by atoms with Gasteiger partial charge in [-0.3, -0.25) is 9.78 Å². The van der Waals surface area contributed by atoms with Crippen LogP contribution in [0.15, 0.2) is 24.4 Å². The van der Waals surface area contributed by atoms with E-state index in [1.54, 1.807) is 6.20 Å². The fraction of sp³-hybridized carbons (Fsp3) is 0.538. The molecule has 86 valence electrons. The van der Waals surface area contributed by atoms with Gasteiger partial charge in [-0.1, -0.05) is 6.07 Å². The first-order valence-electron chi connectivity index (χ1n) is 5.99. The summed E-state index contributed by atoms with van der Waals surface area (Å²) in [6.45, 7) is 1.97. The van der Waals surface area contributed by atoms with E-state index in [0.717, 1.165) is 38.0 Å². The highest BCUT2D eigenvalue weighted by Gasteiger charge is 2.20. The zero-order chi connectivity index (χ0) is 11.2. The van der Waals surface area contributed by atoms with Gasteiger partial charge in [-0.15, -0.1) is 0 Å². The van der Waals surface area contributed by atoms with Crippen LogP contribution in [0.2, 0.25) is 0 Å². The molecule has 2 rings (SSSR count). The number of nitrogens with one attached hydrogen (secondary N) is 1. The summed E-state index contributed by atoms with van der Waals surface area (Å²) in [7, 11) is 0. The van der Waals surface area contributed by atoms with Crippen LogP contribution < -0.4 is 5.32 Å². The number of pyridine rings is 1. The predicted octanol–water partition coefficient (Wildman–Crippen LogP) is 1.58. The maximum absolute atomic E-state index is 11.9. The molecule has 1 aliphatic heterocycles. The van der Waals surface area contributed by atoms with Gasteiger partial charge in [-0.25, -0.2) is 0 Å². The van der Waals surface area contributed by atoms with Gasteiger partial charge in [-0.2, -0.15) is 0 Å². The van der Waals surface area contributed by atoms with Gasteiger partial charge >= 0.3 is 0 Å². The largest absolute Gasteiger partial charge is 0.317 e. The number of rotatable bonds is 4. The SMILES string of the molecule is O=C(CCc1ccccn1)C1CCNCC1. The van der Waals surface area contributed by atoms with E-state index in [4.69, 9.17) is 0 Å². The van der Waals surface area contributed by atoms with Crippen molar-refractivity contribution < 1.29 is 4.79 Å². The molecule has 0 aliphatic carbocycles. The Labute approximate surface area is 96.3 Å². The van der Waals surface area contributed by atoms with E-state index in [9.17, 15) is 4.79 Å². The monoisotopic (exact) mass is 218 g/mol. The van der Waals surface area contributed by atoms with Crippen molar-refractivity contribution in [1.82, 2.24) is 10.3 Å². The normalized spacial score (nSPS) is 17.2. The Balaban J connectivity index is 1.79. The van der Waals surface area contributed by atoms with Crippen LogP contribution in [0.5, 0.6) is 0 Å². The molecule has 3 nitrogen and oxygen atoms in total. The Hall–Kier alpha value is -1.22. The molecular formula is C13H18N2O. The van der Waals surface area contributed by atoms with Crippen LogP contribution in [-0.4, -0.2) is 23.9 Å². The van der Waals surface area contributed by atoms with Gasteiger partial charge in [0.05, 0.1) is 0 Å². The molecule has 1 fully saturated rings. The third-order valence-corrected chi connectivity index (χ3v) is 3.15. The lowest BCUT2D eigenvalue weighted by molar-refractivity contribution is -0.123. The van der Waals surface area contributed by atoms with Crippen molar-refractivity contribution in [2.24, 2.45) is 5.92 Å². The molecule has 0 atom stereocenters. The molecule has 0 radical (unpaired) electrons. The van der Waals surface area contributed by atoms with Gasteiger partial charge in [0.25, 0.3) is 0 Å². The lowest BCUT2D eigenvalue weighted by atomic mass is 9.91. The van der Waals surface area contributed by atoms with Gasteiger partial charge in [0.2, 0.25) is 0 Å². The molecule has 0 aromatic carbocycles. The minimum Gasteiger partial charge on any atom is -0.317 e. The van der Waals surface area contributed by atoms with Crippen LogP contribution in [0.25, 0.3) is 0 Å². The molecule has 0 spiro atoms. The number of hydrogen-bond donors (Lipinski definition) is 1. The van der Waals surface area contributed by atoms with Gasteiger partial charge < -0.3 is 5.32 Å². The predicted molar refractivity (Wildman–Crippen MR) is 63.2 cm³/mol. The van der Waals surface area contributed by atoms with Crippen molar-refractivity contribution in [1.29, 1.82) is 0 Å². The van der Waals surface area contributed by atoms with Crippen molar-refractivity contribution in [2.75, 3.05) is 13.1 Å². The third-order valence-electron chi connectivity index (χ3n) is 3.15. The maximum Gasteiger partial charge on any atom is 0.136 e. The van der Waals surface area contributed by atoms with Crippen molar-refractivity contribution in [3.63, 3.8) is 0 Å². The molecule has 2 heterocycles. The third kappa shape index (κ3) is 3.14. The summed E-state index contributed by atoms with van der Waals surface area (Å²) in [5, 5.41) is 3.28. The second kappa shape index (κ2) is 5.75. The van der Waals surface area contributed by atoms with E-state index in [-0.39, 0.29) is 5.92 Å². The van der Waals surface area contributed by atoms with E-state index >= 15 is 0 Å². The highest BCUT2D eigenvalue weighted by atomic mass is 16.1. The number of carbonyl (C=O) groups is 1. The van der Waals surface area contributed by atoms with E-state index in [1.807, 2.05) is 18.2 Å². The molecular weight excluding hydrogens is 200 g/mol. The van der Waals surface area contributed by atoms with Gasteiger partial charge in [0.1, 0.15) is 5.78 Å². The Kier molecular flexibility index (Phi) is 4.05. The van der Waals surface area contributed by atoms with E-state index in [1.165, 1.54) is 0 Å². The summed E-state index contributed by atoms with van der Waals surface area (Å²) in [5.74, 6) is 0.692. The van der Waals surface area contributed by atoms with E-state index < -0.39 is 0 Å². The van der Waals surface area contributed by atoms with Crippen LogP contribution in [0.4, 0.5) is 0 Å². The summed E-state index contributed by atoms with van der Waals surface area (Å²) in [6, 6.07) is 5.85. The lowest BCUT2D eigenvalue weighted by Gasteiger charge is -2.21. The zero-order valence-corrected chi connectivity index (χ0v) is 9.48. The van der Waals surface area contributed by atoms with Crippen LogP contribution in [0.1, 0.15) is 25.0 Å². The highest BCUT2D eigenvalue weighted by molar-refractivity contribution is 5.81. The van der Waals surface area contributed by atoms with Crippen LogP contribution in [0.3, 0.4) is 0 Å². The smallest absolute Gasteiger partial charge is 0.136 e. The maximum atomic E-state index is 11.9. The van der Waals surface area contributed by atoms with Crippen LogP contribution in [-0.2, 0) is 11.2 Å². The molecule has 0 bridgehead atoms. The van der Waals surface area contributed by atoms with Crippen LogP contribution >= 0.6 is 0 Å². The first-order chi connectivity index (χ1) is 7.86. The molecule has 0 unspecified atom stereocenters. The van der Waals surface area contributed by atoms with Gasteiger partial charge in [-0.05, 0) is 44.5 Å². The molecule has 1 aliphatic rings. The summed E-state index contributed by atoms with van der Waals surface area (Å²) in [6.07, 6.45) is 5.21. The molecule has 0 amide bonds. The average molecular weight is 218 g/mol. The summed E-state index contributed by atoms with van der Waals surface area (Å²) < 4.78 is 0. The van der Waals surface area contributed by atoms with Crippen molar-refractivity contribution in [2.45, 2.75) is 25.7 Å². The number of Topliss-reactive ketones (excluding diaryl/α,β-unsaturated/α-hetero) is 1. The number of aryl methyl sites for hydroxylation is 1. The minimum atomic E-state index is 0.282. The summed E-state index contributed by atoms with van der Waals surface area (Å²) in [5.41, 5.74) is 1.02. The van der Waals surface area contributed by atoms with Gasteiger partial charge in [0, 0.05) is 24.2 Å².